The molecule has 1 aliphatic heterocycles. The smallest absolute Gasteiger partial charge is 0.323 e. The molecule has 1 fully saturated rings. The molecule has 1 atom stereocenters. The zero-order valence-electron chi connectivity index (χ0n) is 10.7. The normalized spacial score (nSPS) is 18.6. The van der Waals surface area contributed by atoms with E-state index in [0.29, 0.717) is 30.4 Å². The average molecular weight is 299 g/mol. The molecule has 1 amide bonds. The highest BCUT2D eigenvalue weighted by Crippen LogP contribution is 2.19. The summed E-state index contributed by atoms with van der Waals surface area (Å²) in [6, 6.07) is 6.44. The number of hydrogen-bond donors (Lipinski definition) is 2. The van der Waals surface area contributed by atoms with E-state index in [4.69, 9.17) is 21.4 Å². The molecule has 108 valence electrons. The van der Waals surface area contributed by atoms with Crippen LogP contribution in [0.3, 0.4) is 0 Å². The van der Waals surface area contributed by atoms with Crippen LogP contribution in [0.1, 0.15) is 0 Å². The lowest BCUT2D eigenvalue weighted by Crippen LogP contribution is -2.50. The van der Waals surface area contributed by atoms with Gasteiger partial charge in [-0.15, -0.1) is 0 Å². The highest BCUT2D eigenvalue weighted by Gasteiger charge is 2.29. The highest BCUT2D eigenvalue weighted by molar-refractivity contribution is 6.30. The second-order valence-electron chi connectivity index (χ2n) is 4.36. The minimum absolute atomic E-state index is 0.373. The number of rotatable bonds is 4. The lowest BCUT2D eigenvalue weighted by atomic mass is 10.2. The molecular weight excluding hydrogens is 284 g/mol. The molecular formula is C13H15ClN2O4. The predicted octanol–water partition coefficient (Wildman–Crippen LogP) is 0.746. The number of nitrogens with zero attached hydrogens (tertiary/aromatic N) is 1. The number of carboxylic acids is 1. The SMILES string of the molecule is O=C(O)CN(C(=O)C1CNCCO1)c1ccc(Cl)cc1. The Morgan fingerprint density at radius 2 is 2.10 bits per heavy atom. The van der Waals surface area contributed by atoms with Crippen LogP contribution < -0.4 is 10.2 Å². The molecule has 0 spiro atoms. The van der Waals surface area contributed by atoms with Crippen molar-refractivity contribution in [1.29, 1.82) is 0 Å². The van der Waals surface area contributed by atoms with Gasteiger partial charge in [-0.1, -0.05) is 11.6 Å². The summed E-state index contributed by atoms with van der Waals surface area (Å²) >= 11 is 5.80. The topological polar surface area (TPSA) is 78.9 Å². The van der Waals surface area contributed by atoms with Gasteiger partial charge >= 0.3 is 5.97 Å². The third-order valence-corrected chi connectivity index (χ3v) is 3.15. The van der Waals surface area contributed by atoms with E-state index < -0.39 is 18.6 Å². The van der Waals surface area contributed by atoms with Gasteiger partial charge in [0, 0.05) is 23.8 Å². The molecule has 0 radical (unpaired) electrons. The molecule has 0 bridgehead atoms. The number of amides is 1. The summed E-state index contributed by atoms with van der Waals surface area (Å²) in [4.78, 5) is 24.5. The summed E-state index contributed by atoms with van der Waals surface area (Å²) in [5.74, 6) is -1.46. The molecule has 2 rings (SSSR count). The Balaban J connectivity index is 2.19. The summed E-state index contributed by atoms with van der Waals surface area (Å²) in [5, 5.41) is 12.5. The number of benzene rings is 1. The maximum Gasteiger partial charge on any atom is 0.323 e. The summed E-state index contributed by atoms with van der Waals surface area (Å²) < 4.78 is 5.37. The number of halogens is 1. The van der Waals surface area contributed by atoms with Crippen LogP contribution in [0.4, 0.5) is 5.69 Å². The van der Waals surface area contributed by atoms with Crippen molar-refractivity contribution >= 4 is 29.2 Å². The number of aliphatic carboxylic acids is 1. The molecule has 7 heteroatoms. The molecule has 0 aliphatic carbocycles. The van der Waals surface area contributed by atoms with Gasteiger partial charge in [0.15, 0.2) is 0 Å². The fourth-order valence-electron chi connectivity index (χ4n) is 1.95. The van der Waals surface area contributed by atoms with E-state index in [2.05, 4.69) is 5.32 Å². The van der Waals surface area contributed by atoms with Crippen molar-refractivity contribution in [3.05, 3.63) is 29.3 Å². The Morgan fingerprint density at radius 3 is 2.65 bits per heavy atom. The molecule has 0 saturated carbocycles. The van der Waals surface area contributed by atoms with Gasteiger partial charge in [0.1, 0.15) is 12.6 Å². The van der Waals surface area contributed by atoms with E-state index in [1.54, 1.807) is 24.3 Å². The van der Waals surface area contributed by atoms with Crippen molar-refractivity contribution in [2.75, 3.05) is 31.1 Å². The Kier molecular flexibility index (Phi) is 4.94. The number of carboxylic acid groups (broad SMARTS) is 1. The molecule has 1 unspecified atom stereocenters. The molecule has 1 aliphatic rings. The Hall–Kier alpha value is -1.63. The zero-order valence-corrected chi connectivity index (χ0v) is 11.5. The second-order valence-corrected chi connectivity index (χ2v) is 4.79. The number of carbonyl (C=O) groups excluding carboxylic acids is 1. The van der Waals surface area contributed by atoms with Crippen LogP contribution in [0.25, 0.3) is 0 Å². The third kappa shape index (κ3) is 3.69. The lowest BCUT2D eigenvalue weighted by molar-refractivity contribution is -0.139. The predicted molar refractivity (Wildman–Crippen MR) is 74.1 cm³/mol. The van der Waals surface area contributed by atoms with Gasteiger partial charge in [0.2, 0.25) is 0 Å². The number of anilines is 1. The van der Waals surface area contributed by atoms with Crippen molar-refractivity contribution in [2.24, 2.45) is 0 Å². The van der Waals surface area contributed by atoms with Crippen LogP contribution in [0, 0.1) is 0 Å². The first-order chi connectivity index (χ1) is 9.58. The Bertz CT molecular complexity index is 486. The van der Waals surface area contributed by atoms with E-state index in [9.17, 15) is 9.59 Å². The summed E-state index contributed by atoms with van der Waals surface area (Å²) in [6.07, 6.45) is -0.668. The van der Waals surface area contributed by atoms with E-state index in [1.807, 2.05) is 0 Å². The van der Waals surface area contributed by atoms with Crippen LogP contribution in [0.2, 0.25) is 5.02 Å². The molecule has 1 aromatic rings. The zero-order chi connectivity index (χ0) is 14.5. The van der Waals surface area contributed by atoms with Crippen molar-refractivity contribution in [1.82, 2.24) is 5.32 Å². The van der Waals surface area contributed by atoms with Crippen LogP contribution in [0.15, 0.2) is 24.3 Å². The minimum atomic E-state index is -1.09. The first kappa shape index (κ1) is 14.8. The van der Waals surface area contributed by atoms with Gasteiger partial charge in [-0.2, -0.15) is 0 Å². The fraction of sp³-hybridized carbons (Fsp3) is 0.385. The summed E-state index contributed by atoms with van der Waals surface area (Å²) in [6.45, 7) is 1.07. The van der Waals surface area contributed by atoms with Gasteiger partial charge in [0.05, 0.1) is 6.61 Å². The van der Waals surface area contributed by atoms with E-state index >= 15 is 0 Å². The van der Waals surface area contributed by atoms with Gasteiger partial charge in [0.25, 0.3) is 5.91 Å². The monoisotopic (exact) mass is 298 g/mol. The molecule has 1 saturated heterocycles. The quantitative estimate of drug-likeness (QED) is 0.857. The minimum Gasteiger partial charge on any atom is -0.480 e. The first-order valence-electron chi connectivity index (χ1n) is 6.19. The van der Waals surface area contributed by atoms with Crippen LogP contribution in [-0.4, -0.2) is 49.3 Å². The van der Waals surface area contributed by atoms with Gasteiger partial charge < -0.3 is 15.2 Å². The average Bonchev–Trinajstić information content (AvgIpc) is 2.46. The maximum atomic E-state index is 12.4. The first-order valence-corrected chi connectivity index (χ1v) is 6.57. The molecule has 0 aromatic heterocycles. The van der Waals surface area contributed by atoms with Crippen molar-refractivity contribution < 1.29 is 19.4 Å². The molecule has 1 aromatic carbocycles. The Morgan fingerprint density at radius 1 is 1.40 bits per heavy atom. The number of ether oxygens (including phenoxy) is 1. The van der Waals surface area contributed by atoms with Gasteiger partial charge in [-0.25, -0.2) is 0 Å². The van der Waals surface area contributed by atoms with Gasteiger partial charge in [-0.3, -0.25) is 14.5 Å². The third-order valence-electron chi connectivity index (χ3n) is 2.90. The van der Waals surface area contributed by atoms with E-state index in [-0.39, 0.29) is 5.91 Å². The maximum absolute atomic E-state index is 12.4. The summed E-state index contributed by atoms with van der Waals surface area (Å²) in [7, 11) is 0. The van der Waals surface area contributed by atoms with Crippen LogP contribution in [0.5, 0.6) is 0 Å². The van der Waals surface area contributed by atoms with Crippen LogP contribution in [-0.2, 0) is 14.3 Å². The van der Waals surface area contributed by atoms with E-state index in [0.717, 1.165) is 0 Å². The number of carbonyl (C=O) groups is 2. The summed E-state index contributed by atoms with van der Waals surface area (Å²) in [5.41, 5.74) is 0.482. The van der Waals surface area contributed by atoms with Gasteiger partial charge in [-0.05, 0) is 24.3 Å². The number of morpholine rings is 1. The number of hydrogen-bond acceptors (Lipinski definition) is 4. The molecule has 20 heavy (non-hydrogen) atoms. The molecule has 6 nitrogen and oxygen atoms in total. The second kappa shape index (κ2) is 6.69. The molecule has 2 N–H and O–H groups in total. The van der Waals surface area contributed by atoms with Crippen molar-refractivity contribution in [3.8, 4) is 0 Å². The standard InChI is InChI=1S/C13H15ClN2O4/c14-9-1-3-10(4-2-9)16(8-12(17)18)13(19)11-7-15-5-6-20-11/h1-4,11,15H,5-8H2,(H,17,18). The van der Waals surface area contributed by atoms with Crippen molar-refractivity contribution in [3.63, 3.8) is 0 Å². The fourth-order valence-corrected chi connectivity index (χ4v) is 2.08. The number of nitrogens with one attached hydrogen (secondary N) is 1. The largest absolute Gasteiger partial charge is 0.480 e. The molecule has 1 heterocycles. The van der Waals surface area contributed by atoms with Crippen LogP contribution >= 0.6 is 11.6 Å². The van der Waals surface area contributed by atoms with Crippen molar-refractivity contribution in [2.45, 2.75) is 6.10 Å². The lowest BCUT2D eigenvalue weighted by Gasteiger charge is -2.28. The van der Waals surface area contributed by atoms with E-state index in [1.165, 1.54) is 4.90 Å². The highest BCUT2D eigenvalue weighted by atomic mass is 35.5. The Labute approximate surface area is 121 Å².